The largest absolute Gasteiger partial charge is 0.392 e. The van der Waals surface area contributed by atoms with Gasteiger partial charge in [0.25, 0.3) is 0 Å². The molecular formula is C11H16N2O. The number of aromatic nitrogens is 2. The molecule has 2 rings (SSSR count). The molecule has 0 spiro atoms. The molecule has 1 atom stereocenters. The van der Waals surface area contributed by atoms with Crippen LogP contribution < -0.4 is 0 Å². The van der Waals surface area contributed by atoms with Crippen molar-refractivity contribution >= 4 is 0 Å². The van der Waals surface area contributed by atoms with Crippen molar-refractivity contribution in [3.63, 3.8) is 0 Å². The van der Waals surface area contributed by atoms with E-state index in [9.17, 15) is 0 Å². The Kier molecular flexibility index (Phi) is 2.07. The standard InChI is InChI=1S/C11H16N2O/c1-7-8(6-14)5-12-10(13-7)9-4-11(9,2)3/h5,9,14H,4,6H2,1-3H3. The first-order chi connectivity index (χ1) is 6.54. The van der Waals surface area contributed by atoms with E-state index < -0.39 is 0 Å². The zero-order valence-electron chi connectivity index (χ0n) is 8.91. The van der Waals surface area contributed by atoms with Crippen LogP contribution in [0.4, 0.5) is 0 Å². The van der Waals surface area contributed by atoms with Gasteiger partial charge in [0.05, 0.1) is 6.61 Å². The molecule has 0 aliphatic heterocycles. The van der Waals surface area contributed by atoms with Crippen molar-refractivity contribution in [2.75, 3.05) is 0 Å². The van der Waals surface area contributed by atoms with Crippen molar-refractivity contribution in [1.29, 1.82) is 0 Å². The molecule has 3 nitrogen and oxygen atoms in total. The van der Waals surface area contributed by atoms with Crippen molar-refractivity contribution in [2.24, 2.45) is 5.41 Å². The Morgan fingerprint density at radius 1 is 1.57 bits per heavy atom. The normalized spacial score (nSPS) is 23.6. The van der Waals surface area contributed by atoms with E-state index in [1.807, 2.05) is 6.92 Å². The number of rotatable bonds is 2. The number of aliphatic hydroxyl groups excluding tert-OH is 1. The minimum absolute atomic E-state index is 0.0279. The first-order valence-corrected chi connectivity index (χ1v) is 4.98. The summed E-state index contributed by atoms with van der Waals surface area (Å²) >= 11 is 0. The molecule has 76 valence electrons. The molecule has 0 aromatic carbocycles. The van der Waals surface area contributed by atoms with E-state index in [1.165, 1.54) is 6.42 Å². The SMILES string of the molecule is Cc1nc(C2CC2(C)C)ncc1CO. The van der Waals surface area contributed by atoms with Crippen molar-refractivity contribution < 1.29 is 5.11 Å². The molecule has 0 amide bonds. The molecule has 3 heteroatoms. The predicted molar refractivity (Wildman–Crippen MR) is 53.8 cm³/mol. The Morgan fingerprint density at radius 2 is 2.21 bits per heavy atom. The summed E-state index contributed by atoms with van der Waals surface area (Å²) in [6.45, 7) is 6.42. The zero-order valence-corrected chi connectivity index (χ0v) is 8.91. The van der Waals surface area contributed by atoms with Gasteiger partial charge >= 0.3 is 0 Å². The summed E-state index contributed by atoms with van der Waals surface area (Å²) in [7, 11) is 0. The molecule has 1 saturated carbocycles. The third kappa shape index (κ3) is 1.52. The minimum Gasteiger partial charge on any atom is -0.392 e. The lowest BCUT2D eigenvalue weighted by atomic mass is 10.1. The molecule has 1 aromatic heterocycles. The van der Waals surface area contributed by atoms with Gasteiger partial charge in [-0.3, -0.25) is 0 Å². The molecule has 1 fully saturated rings. The zero-order chi connectivity index (χ0) is 10.3. The quantitative estimate of drug-likeness (QED) is 0.777. The average molecular weight is 192 g/mol. The number of aliphatic hydroxyl groups is 1. The topological polar surface area (TPSA) is 46.0 Å². The summed E-state index contributed by atoms with van der Waals surface area (Å²) in [4.78, 5) is 8.73. The fourth-order valence-electron chi connectivity index (χ4n) is 1.74. The number of aryl methyl sites for hydroxylation is 1. The van der Waals surface area contributed by atoms with Crippen LogP contribution in [0.25, 0.3) is 0 Å². The molecule has 1 aromatic rings. The summed E-state index contributed by atoms with van der Waals surface area (Å²) < 4.78 is 0. The van der Waals surface area contributed by atoms with E-state index in [0.29, 0.717) is 11.3 Å². The first kappa shape index (κ1) is 9.59. The van der Waals surface area contributed by atoms with Crippen molar-refractivity contribution in [1.82, 2.24) is 9.97 Å². The van der Waals surface area contributed by atoms with Gasteiger partial charge in [-0.05, 0) is 18.8 Å². The van der Waals surface area contributed by atoms with Gasteiger partial charge in [0.2, 0.25) is 0 Å². The second-order valence-corrected chi connectivity index (χ2v) is 4.74. The van der Waals surface area contributed by atoms with E-state index in [0.717, 1.165) is 17.1 Å². The van der Waals surface area contributed by atoms with Gasteiger partial charge in [0.1, 0.15) is 5.82 Å². The average Bonchev–Trinajstić information content (AvgIpc) is 2.75. The van der Waals surface area contributed by atoms with Crippen LogP contribution in [-0.4, -0.2) is 15.1 Å². The first-order valence-electron chi connectivity index (χ1n) is 4.98. The molecule has 14 heavy (non-hydrogen) atoms. The van der Waals surface area contributed by atoms with E-state index in [-0.39, 0.29) is 6.61 Å². The van der Waals surface area contributed by atoms with E-state index in [4.69, 9.17) is 5.11 Å². The predicted octanol–water partition coefficient (Wildman–Crippen LogP) is 1.79. The van der Waals surface area contributed by atoms with E-state index >= 15 is 0 Å². The van der Waals surface area contributed by atoms with Crippen LogP contribution >= 0.6 is 0 Å². The molecular weight excluding hydrogens is 176 g/mol. The highest BCUT2D eigenvalue weighted by Gasteiger charge is 2.48. The Balaban J connectivity index is 2.26. The lowest BCUT2D eigenvalue weighted by Gasteiger charge is -2.05. The number of nitrogens with zero attached hydrogens (tertiary/aromatic N) is 2. The second kappa shape index (κ2) is 3.02. The third-order valence-corrected chi connectivity index (χ3v) is 3.10. The highest BCUT2D eigenvalue weighted by atomic mass is 16.3. The van der Waals surface area contributed by atoms with Crippen LogP contribution in [-0.2, 0) is 6.61 Å². The third-order valence-electron chi connectivity index (χ3n) is 3.10. The molecule has 1 aliphatic carbocycles. The molecule has 0 bridgehead atoms. The van der Waals surface area contributed by atoms with Gasteiger partial charge < -0.3 is 5.11 Å². The molecule has 1 unspecified atom stereocenters. The molecule has 0 radical (unpaired) electrons. The van der Waals surface area contributed by atoms with Gasteiger partial charge in [-0.1, -0.05) is 13.8 Å². The maximum absolute atomic E-state index is 8.99. The number of hydrogen-bond donors (Lipinski definition) is 1. The van der Waals surface area contributed by atoms with Gasteiger partial charge in [-0.15, -0.1) is 0 Å². The number of hydrogen-bond acceptors (Lipinski definition) is 3. The maximum Gasteiger partial charge on any atom is 0.132 e. The fraction of sp³-hybridized carbons (Fsp3) is 0.636. The Morgan fingerprint density at radius 3 is 2.64 bits per heavy atom. The van der Waals surface area contributed by atoms with Crippen molar-refractivity contribution in [3.05, 3.63) is 23.3 Å². The van der Waals surface area contributed by atoms with Gasteiger partial charge in [0, 0.05) is 23.4 Å². The summed E-state index contributed by atoms with van der Waals surface area (Å²) in [5.74, 6) is 1.44. The Labute approximate surface area is 84.2 Å². The monoisotopic (exact) mass is 192 g/mol. The van der Waals surface area contributed by atoms with Crippen LogP contribution in [0.15, 0.2) is 6.20 Å². The Hall–Kier alpha value is -0.960. The van der Waals surface area contributed by atoms with Crippen LogP contribution in [0.2, 0.25) is 0 Å². The molecule has 1 heterocycles. The molecule has 1 N–H and O–H groups in total. The summed E-state index contributed by atoms with van der Waals surface area (Å²) in [5, 5.41) is 8.99. The molecule has 1 aliphatic rings. The molecule has 0 saturated heterocycles. The lowest BCUT2D eigenvalue weighted by Crippen LogP contribution is -2.02. The highest BCUT2D eigenvalue weighted by molar-refractivity contribution is 5.21. The minimum atomic E-state index is 0.0279. The summed E-state index contributed by atoms with van der Waals surface area (Å²) in [6.07, 6.45) is 2.91. The lowest BCUT2D eigenvalue weighted by molar-refractivity contribution is 0.279. The summed E-state index contributed by atoms with van der Waals surface area (Å²) in [6, 6.07) is 0. The van der Waals surface area contributed by atoms with Gasteiger partial charge in [0.15, 0.2) is 0 Å². The maximum atomic E-state index is 8.99. The van der Waals surface area contributed by atoms with E-state index in [2.05, 4.69) is 23.8 Å². The van der Waals surface area contributed by atoms with Crippen LogP contribution in [0.3, 0.4) is 0 Å². The van der Waals surface area contributed by atoms with Crippen molar-refractivity contribution in [3.8, 4) is 0 Å². The van der Waals surface area contributed by atoms with Crippen LogP contribution in [0.5, 0.6) is 0 Å². The van der Waals surface area contributed by atoms with E-state index in [1.54, 1.807) is 6.20 Å². The van der Waals surface area contributed by atoms with Crippen LogP contribution in [0.1, 0.15) is 43.3 Å². The Bertz CT molecular complexity index is 360. The summed E-state index contributed by atoms with van der Waals surface area (Å²) in [5.41, 5.74) is 2.10. The van der Waals surface area contributed by atoms with Gasteiger partial charge in [-0.2, -0.15) is 0 Å². The second-order valence-electron chi connectivity index (χ2n) is 4.74. The van der Waals surface area contributed by atoms with Gasteiger partial charge in [-0.25, -0.2) is 9.97 Å². The smallest absolute Gasteiger partial charge is 0.132 e. The fourth-order valence-corrected chi connectivity index (χ4v) is 1.74. The highest BCUT2D eigenvalue weighted by Crippen LogP contribution is 2.57. The van der Waals surface area contributed by atoms with Crippen LogP contribution in [0, 0.1) is 12.3 Å². The van der Waals surface area contributed by atoms with Crippen molar-refractivity contribution in [2.45, 2.75) is 39.7 Å².